The number of thioether (sulfide) groups is 1. The van der Waals surface area contributed by atoms with Crippen LogP contribution in [0, 0.1) is 11.8 Å². The molecule has 1 aromatic carbocycles. The molecule has 2 atom stereocenters. The van der Waals surface area contributed by atoms with Gasteiger partial charge in [-0.3, -0.25) is 9.88 Å². The second-order valence-corrected chi connectivity index (χ2v) is 8.95. The molecule has 0 aliphatic carbocycles. The second kappa shape index (κ2) is 8.61. The fourth-order valence-corrected chi connectivity index (χ4v) is 3.98. The maximum Gasteiger partial charge on any atom is 0.119 e. The van der Waals surface area contributed by atoms with E-state index in [1.54, 1.807) is 25.6 Å². The first-order valence-corrected chi connectivity index (χ1v) is 10.7. The molecule has 3 nitrogen and oxygen atoms in total. The van der Waals surface area contributed by atoms with Crippen molar-refractivity contribution in [3.63, 3.8) is 0 Å². The molecule has 2 aromatic rings. The topological polar surface area (TPSA) is 25.4 Å². The van der Waals surface area contributed by atoms with Crippen molar-refractivity contribution in [2.75, 3.05) is 32.5 Å². The standard InChI is InChI=1S/C22H29FN2OS/c1-16-12-25(15-22(2,3)23)13-18(16)14-26-19-7-5-17(6-8-19)21-10-9-20(27-4)11-24-21/h5-11,16,18H,12-15H2,1-4H3. The quantitative estimate of drug-likeness (QED) is 0.612. The summed E-state index contributed by atoms with van der Waals surface area (Å²) in [5.74, 6) is 1.83. The monoisotopic (exact) mass is 388 g/mol. The average Bonchev–Trinajstić information content (AvgIpc) is 2.98. The van der Waals surface area contributed by atoms with Crippen LogP contribution in [0.4, 0.5) is 4.39 Å². The molecule has 2 heterocycles. The van der Waals surface area contributed by atoms with Gasteiger partial charge in [-0.1, -0.05) is 6.92 Å². The third kappa shape index (κ3) is 5.69. The van der Waals surface area contributed by atoms with Gasteiger partial charge in [-0.2, -0.15) is 0 Å². The summed E-state index contributed by atoms with van der Waals surface area (Å²) in [5, 5.41) is 0. The van der Waals surface area contributed by atoms with E-state index in [1.807, 2.05) is 42.8 Å². The lowest BCUT2D eigenvalue weighted by Gasteiger charge is -2.23. The first kappa shape index (κ1) is 20.2. The van der Waals surface area contributed by atoms with E-state index >= 15 is 0 Å². The number of likely N-dealkylation sites (tertiary alicyclic amines) is 1. The van der Waals surface area contributed by atoms with Gasteiger partial charge in [0.1, 0.15) is 11.4 Å². The van der Waals surface area contributed by atoms with Crippen LogP contribution in [0.15, 0.2) is 47.5 Å². The summed E-state index contributed by atoms with van der Waals surface area (Å²) in [6, 6.07) is 12.2. The second-order valence-electron chi connectivity index (χ2n) is 8.07. The van der Waals surface area contributed by atoms with Crippen LogP contribution in [0.5, 0.6) is 5.75 Å². The smallest absolute Gasteiger partial charge is 0.119 e. The molecule has 0 N–H and O–H groups in total. The Morgan fingerprint density at radius 2 is 1.93 bits per heavy atom. The number of hydrogen-bond acceptors (Lipinski definition) is 4. The van der Waals surface area contributed by atoms with Crippen LogP contribution < -0.4 is 4.74 Å². The van der Waals surface area contributed by atoms with Crippen LogP contribution in [0.1, 0.15) is 20.8 Å². The van der Waals surface area contributed by atoms with Crippen LogP contribution in [0.25, 0.3) is 11.3 Å². The van der Waals surface area contributed by atoms with Gasteiger partial charge in [-0.15, -0.1) is 11.8 Å². The van der Waals surface area contributed by atoms with Crippen molar-refractivity contribution in [1.29, 1.82) is 0 Å². The van der Waals surface area contributed by atoms with Crippen LogP contribution in [0.2, 0.25) is 0 Å². The summed E-state index contributed by atoms with van der Waals surface area (Å²) in [6.07, 6.45) is 3.95. The molecule has 1 fully saturated rings. The maximum absolute atomic E-state index is 13.9. The zero-order valence-electron chi connectivity index (χ0n) is 16.6. The molecule has 1 aromatic heterocycles. The first-order valence-electron chi connectivity index (χ1n) is 9.48. The minimum Gasteiger partial charge on any atom is -0.493 e. The van der Waals surface area contributed by atoms with Gasteiger partial charge in [0.05, 0.1) is 12.3 Å². The molecular weight excluding hydrogens is 359 g/mol. The third-order valence-corrected chi connectivity index (χ3v) is 5.74. The predicted octanol–water partition coefficient (Wildman–Crippen LogP) is 5.17. The molecule has 1 saturated heterocycles. The number of rotatable bonds is 7. The number of nitrogens with zero attached hydrogens (tertiary/aromatic N) is 2. The molecule has 0 spiro atoms. The number of ether oxygens (including phenoxy) is 1. The summed E-state index contributed by atoms with van der Waals surface area (Å²) >= 11 is 1.69. The van der Waals surface area contributed by atoms with Gasteiger partial charge < -0.3 is 4.74 Å². The summed E-state index contributed by atoms with van der Waals surface area (Å²) < 4.78 is 19.9. The van der Waals surface area contributed by atoms with Gasteiger partial charge >= 0.3 is 0 Å². The number of benzene rings is 1. The molecule has 3 rings (SSSR count). The molecule has 0 radical (unpaired) electrons. The summed E-state index contributed by atoms with van der Waals surface area (Å²) in [6.45, 7) is 8.52. The van der Waals surface area contributed by atoms with Gasteiger partial charge in [-0.25, -0.2) is 4.39 Å². The van der Waals surface area contributed by atoms with E-state index in [0.29, 0.717) is 25.0 Å². The Bertz CT molecular complexity index is 727. The van der Waals surface area contributed by atoms with Gasteiger partial charge in [-0.05, 0) is 62.4 Å². The lowest BCUT2D eigenvalue weighted by molar-refractivity contribution is 0.136. The fourth-order valence-electron chi connectivity index (χ4n) is 3.62. The predicted molar refractivity (Wildman–Crippen MR) is 111 cm³/mol. The van der Waals surface area contributed by atoms with Crippen molar-refractivity contribution in [3.8, 4) is 17.0 Å². The van der Waals surface area contributed by atoms with E-state index in [1.165, 1.54) is 0 Å². The van der Waals surface area contributed by atoms with Crippen molar-refractivity contribution in [3.05, 3.63) is 42.6 Å². The highest BCUT2D eigenvalue weighted by Gasteiger charge is 2.33. The Morgan fingerprint density at radius 3 is 2.52 bits per heavy atom. The molecule has 5 heteroatoms. The van der Waals surface area contributed by atoms with Gasteiger partial charge in [0.15, 0.2) is 0 Å². The van der Waals surface area contributed by atoms with Crippen LogP contribution in [-0.4, -0.2) is 48.0 Å². The molecule has 1 aliphatic rings. The Hall–Kier alpha value is -1.59. The van der Waals surface area contributed by atoms with Gasteiger partial charge in [0.25, 0.3) is 0 Å². The largest absolute Gasteiger partial charge is 0.493 e. The Labute approximate surface area is 166 Å². The first-order chi connectivity index (χ1) is 12.8. The van der Waals surface area contributed by atoms with E-state index < -0.39 is 5.67 Å². The van der Waals surface area contributed by atoms with E-state index in [0.717, 1.165) is 35.0 Å². The zero-order chi connectivity index (χ0) is 19.4. The van der Waals surface area contributed by atoms with Crippen LogP contribution >= 0.6 is 11.8 Å². The molecular formula is C22H29FN2OS. The van der Waals surface area contributed by atoms with E-state index in [4.69, 9.17) is 4.74 Å². The van der Waals surface area contributed by atoms with E-state index in [9.17, 15) is 4.39 Å². The number of halogens is 1. The number of pyridine rings is 1. The maximum atomic E-state index is 13.9. The Balaban J connectivity index is 1.54. The molecule has 27 heavy (non-hydrogen) atoms. The summed E-state index contributed by atoms with van der Waals surface area (Å²) in [4.78, 5) is 7.88. The van der Waals surface area contributed by atoms with Crippen LogP contribution in [-0.2, 0) is 0 Å². The number of aromatic nitrogens is 1. The van der Waals surface area contributed by atoms with Gasteiger partial charge in [0.2, 0.25) is 0 Å². The summed E-state index contributed by atoms with van der Waals surface area (Å²) in [7, 11) is 0. The molecule has 0 saturated carbocycles. The Morgan fingerprint density at radius 1 is 1.19 bits per heavy atom. The zero-order valence-corrected chi connectivity index (χ0v) is 17.4. The molecule has 0 amide bonds. The highest BCUT2D eigenvalue weighted by molar-refractivity contribution is 7.98. The average molecular weight is 389 g/mol. The molecule has 146 valence electrons. The summed E-state index contributed by atoms with van der Waals surface area (Å²) in [5.41, 5.74) is 0.904. The molecule has 0 bridgehead atoms. The fraction of sp³-hybridized carbons (Fsp3) is 0.500. The minimum absolute atomic E-state index is 0.438. The van der Waals surface area contributed by atoms with E-state index in [-0.39, 0.29) is 0 Å². The van der Waals surface area contributed by atoms with Crippen LogP contribution in [0.3, 0.4) is 0 Å². The van der Waals surface area contributed by atoms with Crippen molar-refractivity contribution in [2.45, 2.75) is 31.3 Å². The minimum atomic E-state index is -1.15. The normalized spacial score (nSPS) is 20.8. The highest BCUT2D eigenvalue weighted by Crippen LogP contribution is 2.27. The lowest BCUT2D eigenvalue weighted by atomic mass is 9.99. The number of hydrogen-bond donors (Lipinski definition) is 0. The Kier molecular flexibility index (Phi) is 6.43. The van der Waals surface area contributed by atoms with E-state index in [2.05, 4.69) is 22.9 Å². The lowest BCUT2D eigenvalue weighted by Crippen LogP contribution is -2.34. The number of alkyl halides is 1. The van der Waals surface area contributed by atoms with Crippen molar-refractivity contribution in [1.82, 2.24) is 9.88 Å². The van der Waals surface area contributed by atoms with Crippen molar-refractivity contribution >= 4 is 11.8 Å². The van der Waals surface area contributed by atoms with Crippen molar-refractivity contribution < 1.29 is 9.13 Å². The third-order valence-electron chi connectivity index (χ3n) is 5.03. The van der Waals surface area contributed by atoms with Gasteiger partial charge in [0, 0.05) is 42.2 Å². The van der Waals surface area contributed by atoms with Crippen molar-refractivity contribution in [2.24, 2.45) is 11.8 Å². The molecule has 2 unspecified atom stereocenters. The highest BCUT2D eigenvalue weighted by atomic mass is 32.2. The SMILES string of the molecule is CSc1ccc(-c2ccc(OCC3CN(CC(C)(C)F)CC3C)cc2)nc1. The molecule has 1 aliphatic heterocycles.